The van der Waals surface area contributed by atoms with Crippen molar-refractivity contribution >= 4 is 36.5 Å². The lowest BCUT2D eigenvalue weighted by atomic mass is 9.94. The highest BCUT2D eigenvalue weighted by Gasteiger charge is 2.43. The highest BCUT2D eigenvalue weighted by Crippen LogP contribution is 2.34. The highest BCUT2D eigenvalue weighted by atomic mass is 32.1. The van der Waals surface area contributed by atoms with Crippen molar-refractivity contribution in [3.8, 4) is 5.75 Å². The Labute approximate surface area is 266 Å². The van der Waals surface area contributed by atoms with Crippen LogP contribution in [0.4, 0.5) is 4.79 Å². The van der Waals surface area contributed by atoms with Gasteiger partial charge in [-0.2, -0.15) is 12.6 Å². The van der Waals surface area contributed by atoms with Crippen LogP contribution < -0.4 is 10.6 Å². The minimum Gasteiger partial charge on any atom is -0.508 e. The molecule has 0 spiro atoms. The number of amides is 3. The average Bonchev–Trinajstić information content (AvgIpc) is 2.88. The van der Waals surface area contributed by atoms with Gasteiger partial charge in [-0.25, -0.2) is 9.59 Å². The molecule has 0 fully saturated rings. The lowest BCUT2D eigenvalue weighted by molar-refractivity contribution is -0.159. The molecule has 0 aliphatic rings. The Kier molecular flexibility index (Phi) is 12.3. The first-order chi connectivity index (χ1) is 20.2. The maximum Gasteiger partial charge on any atom is 0.408 e. The zero-order chi connectivity index (χ0) is 33.5. The molecule has 0 aromatic heterocycles. The van der Waals surface area contributed by atoms with Crippen molar-refractivity contribution in [1.82, 2.24) is 15.5 Å². The summed E-state index contributed by atoms with van der Waals surface area (Å²) in [6, 6.07) is 11.6. The minimum absolute atomic E-state index is 0.103. The third-order valence-electron chi connectivity index (χ3n) is 6.16. The first-order valence-electron chi connectivity index (χ1n) is 14.5. The molecule has 0 aliphatic heterocycles. The second-order valence-corrected chi connectivity index (χ2v) is 13.9. The van der Waals surface area contributed by atoms with Crippen molar-refractivity contribution in [3.05, 3.63) is 65.7 Å². The molecule has 0 bridgehead atoms. The Morgan fingerprint density at radius 2 is 1.34 bits per heavy atom. The molecule has 2 rings (SSSR count). The molecular weight excluding hydrogens is 582 g/mol. The summed E-state index contributed by atoms with van der Waals surface area (Å²) in [6.45, 7) is 15.4. The van der Waals surface area contributed by atoms with Crippen molar-refractivity contribution < 1.29 is 33.8 Å². The first kappa shape index (κ1) is 36.5. The fourth-order valence-corrected chi connectivity index (χ4v) is 4.68. The molecule has 3 atom stereocenters. The van der Waals surface area contributed by atoms with Crippen LogP contribution in [0.3, 0.4) is 0 Å². The summed E-state index contributed by atoms with van der Waals surface area (Å²) in [4.78, 5) is 55.8. The number of para-hydroxylation sites is 1. The van der Waals surface area contributed by atoms with Gasteiger partial charge in [0.2, 0.25) is 11.8 Å². The Hall–Kier alpha value is -3.73. The van der Waals surface area contributed by atoms with Crippen molar-refractivity contribution in [2.45, 2.75) is 104 Å². The number of thiol groups is 1. The standard InChI is InChI=1S/C33H47N3O7S/c1-31(2,3)36(28(39)24(20-44)35-30(41)43-33(7,8)9)26(22-17-13-14-18-25(22)37)27(38)34-23(29(40)42-32(4,5)6)19-21-15-11-10-12-16-21/h10-18,23-24,26,37,44H,19-20H2,1-9H3,(H,34,38)(H,35,41). The first-order valence-corrected chi connectivity index (χ1v) is 15.2. The minimum atomic E-state index is -1.41. The van der Waals surface area contributed by atoms with Crippen molar-refractivity contribution in [1.29, 1.82) is 0 Å². The van der Waals surface area contributed by atoms with Gasteiger partial charge in [-0.3, -0.25) is 9.59 Å². The number of aromatic hydroxyl groups is 1. The zero-order valence-electron chi connectivity index (χ0n) is 27.1. The number of phenolic OH excluding ortho intramolecular Hbond substituents is 1. The smallest absolute Gasteiger partial charge is 0.408 e. The number of nitrogens with zero attached hydrogens (tertiary/aromatic N) is 1. The summed E-state index contributed by atoms with van der Waals surface area (Å²) in [6.07, 6.45) is -0.701. The summed E-state index contributed by atoms with van der Waals surface area (Å²) in [5.74, 6) is -2.35. The number of nitrogens with one attached hydrogen (secondary N) is 2. The molecule has 0 heterocycles. The lowest BCUT2D eigenvalue weighted by Crippen LogP contribution is -2.60. The number of hydrogen-bond donors (Lipinski definition) is 4. The predicted molar refractivity (Wildman–Crippen MR) is 172 cm³/mol. The number of phenols is 1. The molecule has 3 unspecified atom stereocenters. The quantitative estimate of drug-likeness (QED) is 0.216. The van der Waals surface area contributed by atoms with E-state index in [1.54, 1.807) is 74.4 Å². The topological polar surface area (TPSA) is 134 Å². The number of carbonyl (C=O) groups is 4. The second-order valence-electron chi connectivity index (χ2n) is 13.5. The van der Waals surface area contributed by atoms with E-state index in [9.17, 15) is 24.3 Å². The van der Waals surface area contributed by atoms with Gasteiger partial charge in [0.25, 0.3) is 0 Å². The fourth-order valence-electron chi connectivity index (χ4n) is 4.43. The van der Waals surface area contributed by atoms with Crippen LogP contribution in [0.1, 0.15) is 79.5 Å². The Bertz CT molecular complexity index is 1300. The molecule has 3 N–H and O–H groups in total. The lowest BCUT2D eigenvalue weighted by Gasteiger charge is -2.43. The van der Waals surface area contributed by atoms with Gasteiger partial charge < -0.3 is 30.1 Å². The van der Waals surface area contributed by atoms with Gasteiger partial charge in [-0.1, -0.05) is 48.5 Å². The molecule has 3 amide bonds. The van der Waals surface area contributed by atoms with Crippen LogP contribution in [-0.2, 0) is 30.3 Å². The van der Waals surface area contributed by atoms with Crippen LogP contribution in [0, 0.1) is 0 Å². The van der Waals surface area contributed by atoms with Gasteiger partial charge >= 0.3 is 12.1 Å². The molecule has 0 radical (unpaired) electrons. The summed E-state index contributed by atoms with van der Waals surface area (Å²) in [5, 5.41) is 16.3. The third-order valence-corrected chi connectivity index (χ3v) is 6.53. The monoisotopic (exact) mass is 629 g/mol. The van der Waals surface area contributed by atoms with Crippen LogP contribution >= 0.6 is 12.6 Å². The fraction of sp³-hybridized carbons (Fsp3) is 0.515. The molecule has 10 nitrogen and oxygen atoms in total. The summed E-state index contributed by atoms with van der Waals surface area (Å²) in [7, 11) is 0. The van der Waals surface area contributed by atoms with Crippen molar-refractivity contribution in [2.24, 2.45) is 0 Å². The SMILES string of the molecule is CC(C)(C)OC(=O)NC(CS)C(=O)N(C(C(=O)NC(Cc1ccccc1)C(=O)OC(C)(C)C)c1ccccc1O)C(C)(C)C. The van der Waals surface area contributed by atoms with Crippen LogP contribution in [-0.4, -0.2) is 68.5 Å². The predicted octanol–water partition coefficient (Wildman–Crippen LogP) is 4.95. The Morgan fingerprint density at radius 1 is 0.795 bits per heavy atom. The third kappa shape index (κ3) is 11.1. The Balaban J connectivity index is 2.61. The average molecular weight is 630 g/mol. The molecule has 44 heavy (non-hydrogen) atoms. The van der Waals surface area contributed by atoms with E-state index in [1.807, 2.05) is 30.3 Å². The maximum atomic E-state index is 14.3. The number of esters is 1. The van der Waals surface area contributed by atoms with E-state index in [1.165, 1.54) is 17.0 Å². The van der Waals surface area contributed by atoms with E-state index >= 15 is 0 Å². The van der Waals surface area contributed by atoms with Gasteiger partial charge in [-0.15, -0.1) is 0 Å². The Morgan fingerprint density at radius 3 is 1.84 bits per heavy atom. The van der Waals surface area contributed by atoms with Gasteiger partial charge in [0.1, 0.15) is 35.1 Å². The zero-order valence-corrected chi connectivity index (χ0v) is 28.0. The number of carbonyl (C=O) groups excluding carboxylic acids is 4. The van der Waals surface area contributed by atoms with Crippen molar-refractivity contribution in [3.63, 3.8) is 0 Å². The number of ether oxygens (including phenoxy) is 2. The highest BCUT2D eigenvalue weighted by molar-refractivity contribution is 7.80. The summed E-state index contributed by atoms with van der Waals surface area (Å²) < 4.78 is 11.0. The molecular formula is C33H47N3O7S. The van der Waals surface area contributed by atoms with Crippen LogP contribution in [0.2, 0.25) is 0 Å². The number of rotatable bonds is 10. The number of benzene rings is 2. The van der Waals surface area contributed by atoms with Crippen LogP contribution in [0.15, 0.2) is 54.6 Å². The van der Waals surface area contributed by atoms with Crippen LogP contribution in [0.5, 0.6) is 5.75 Å². The molecule has 11 heteroatoms. The van der Waals surface area contributed by atoms with E-state index < -0.39 is 58.7 Å². The van der Waals surface area contributed by atoms with E-state index in [2.05, 4.69) is 23.3 Å². The van der Waals surface area contributed by atoms with E-state index in [0.29, 0.717) is 0 Å². The molecule has 0 saturated carbocycles. The molecule has 0 saturated heterocycles. The van der Waals surface area contributed by atoms with E-state index in [4.69, 9.17) is 9.47 Å². The van der Waals surface area contributed by atoms with Gasteiger partial charge in [0, 0.05) is 23.3 Å². The summed E-state index contributed by atoms with van der Waals surface area (Å²) >= 11 is 4.31. The van der Waals surface area contributed by atoms with E-state index in [-0.39, 0.29) is 23.5 Å². The van der Waals surface area contributed by atoms with Gasteiger partial charge in [0.15, 0.2) is 0 Å². The van der Waals surface area contributed by atoms with Crippen LogP contribution in [0.25, 0.3) is 0 Å². The molecule has 242 valence electrons. The van der Waals surface area contributed by atoms with E-state index in [0.717, 1.165) is 5.56 Å². The molecule has 0 aliphatic carbocycles. The number of alkyl carbamates (subject to hydrolysis) is 1. The van der Waals surface area contributed by atoms with Gasteiger partial charge in [0.05, 0.1) is 0 Å². The number of hydrogen-bond acceptors (Lipinski definition) is 8. The van der Waals surface area contributed by atoms with Gasteiger partial charge in [-0.05, 0) is 73.9 Å². The largest absolute Gasteiger partial charge is 0.508 e. The second kappa shape index (κ2) is 14.8. The maximum absolute atomic E-state index is 14.3. The van der Waals surface area contributed by atoms with Crippen molar-refractivity contribution in [2.75, 3.05) is 5.75 Å². The molecule has 2 aromatic carbocycles. The normalized spacial score (nSPS) is 14.0. The molecule has 2 aromatic rings. The summed E-state index contributed by atoms with van der Waals surface area (Å²) in [5.41, 5.74) is -1.74.